The van der Waals surface area contributed by atoms with Gasteiger partial charge in [-0.3, -0.25) is 4.98 Å². The molecule has 0 radical (unpaired) electrons. The van der Waals surface area contributed by atoms with Crippen LogP contribution in [0, 0.1) is 0 Å². The maximum Gasteiger partial charge on any atom is 0.227 e. The van der Waals surface area contributed by atoms with Crippen LogP contribution in [0.1, 0.15) is 18.5 Å². The summed E-state index contributed by atoms with van der Waals surface area (Å²) in [5.74, 6) is 1.41. The molecule has 1 aromatic carbocycles. The summed E-state index contributed by atoms with van der Waals surface area (Å²) in [4.78, 5) is 13.3. The van der Waals surface area contributed by atoms with Crippen LogP contribution in [-0.4, -0.2) is 41.3 Å². The first-order valence-electron chi connectivity index (χ1n) is 9.84. The summed E-state index contributed by atoms with van der Waals surface area (Å²) >= 11 is 0. The number of rotatable bonds is 7. The van der Waals surface area contributed by atoms with Crippen LogP contribution in [-0.2, 0) is 11.3 Å². The fourth-order valence-corrected chi connectivity index (χ4v) is 3.18. The zero-order valence-electron chi connectivity index (χ0n) is 16.5. The Bertz CT molecular complexity index is 909. The molecule has 150 valence electrons. The molecule has 1 aliphatic rings. The van der Waals surface area contributed by atoms with Gasteiger partial charge in [0.15, 0.2) is 0 Å². The minimum absolute atomic E-state index is 0.234. The molecule has 0 spiro atoms. The highest BCUT2D eigenvalue weighted by molar-refractivity contribution is 5.62. The lowest BCUT2D eigenvalue weighted by atomic mass is 10.1. The average Bonchev–Trinajstić information content (AvgIpc) is 2.77. The summed E-state index contributed by atoms with van der Waals surface area (Å²) in [5.41, 5.74) is 3.69. The topological polar surface area (TPSA) is 81.2 Å². The van der Waals surface area contributed by atoms with Crippen LogP contribution in [0.4, 0.5) is 11.6 Å². The summed E-state index contributed by atoms with van der Waals surface area (Å²) in [5, 5.41) is 6.29. The average molecular weight is 391 g/mol. The smallest absolute Gasteiger partial charge is 0.227 e. The predicted octanol–water partition coefficient (Wildman–Crippen LogP) is 3.56. The predicted molar refractivity (Wildman–Crippen MR) is 112 cm³/mol. The maximum atomic E-state index is 6.04. The number of anilines is 2. The van der Waals surface area contributed by atoms with E-state index in [9.17, 15) is 0 Å². The van der Waals surface area contributed by atoms with Crippen molar-refractivity contribution in [3.63, 3.8) is 0 Å². The highest BCUT2D eigenvalue weighted by atomic mass is 16.5. The van der Waals surface area contributed by atoms with Crippen molar-refractivity contribution in [1.29, 1.82) is 0 Å². The van der Waals surface area contributed by atoms with Crippen LogP contribution in [0.25, 0.3) is 11.3 Å². The minimum atomic E-state index is 0.234. The van der Waals surface area contributed by atoms with Crippen LogP contribution in [0.15, 0.2) is 54.9 Å². The van der Waals surface area contributed by atoms with E-state index < -0.39 is 0 Å². The third kappa shape index (κ3) is 5.28. The molecule has 7 heteroatoms. The molecule has 0 atom stereocenters. The standard InChI is InChI=1S/C22H25N5O2/c1-23-14-17-4-5-18(15-25-17)26-22-24-11-8-21(27-22)16-2-6-19(7-3-16)29-20-9-12-28-13-10-20/h2-8,11,15,20,23H,9-10,12-14H2,1H3,(H,24,26,27). The summed E-state index contributed by atoms with van der Waals surface area (Å²) < 4.78 is 11.4. The molecule has 0 bridgehead atoms. The van der Waals surface area contributed by atoms with Crippen LogP contribution in [0.3, 0.4) is 0 Å². The lowest BCUT2D eigenvalue weighted by Crippen LogP contribution is -2.25. The van der Waals surface area contributed by atoms with Gasteiger partial charge in [-0.25, -0.2) is 9.97 Å². The van der Waals surface area contributed by atoms with Crippen LogP contribution in [0.2, 0.25) is 0 Å². The van der Waals surface area contributed by atoms with E-state index in [1.54, 1.807) is 12.4 Å². The molecule has 1 aliphatic heterocycles. The maximum absolute atomic E-state index is 6.04. The Balaban J connectivity index is 1.42. The monoisotopic (exact) mass is 391 g/mol. The Labute approximate surface area is 170 Å². The van der Waals surface area contributed by atoms with Crippen molar-refractivity contribution in [2.75, 3.05) is 25.6 Å². The van der Waals surface area contributed by atoms with Crippen molar-refractivity contribution in [2.24, 2.45) is 0 Å². The number of ether oxygens (including phenoxy) is 2. The number of hydrogen-bond acceptors (Lipinski definition) is 7. The second kappa shape index (κ2) is 9.45. The molecule has 3 aromatic rings. The zero-order valence-corrected chi connectivity index (χ0v) is 16.5. The number of nitrogens with one attached hydrogen (secondary N) is 2. The van der Waals surface area contributed by atoms with E-state index in [-0.39, 0.29) is 6.10 Å². The molecule has 0 unspecified atom stereocenters. The molecule has 3 heterocycles. The van der Waals surface area contributed by atoms with E-state index in [1.165, 1.54) is 0 Å². The molecule has 0 saturated carbocycles. The van der Waals surface area contributed by atoms with Crippen LogP contribution in [0.5, 0.6) is 5.75 Å². The zero-order chi connectivity index (χ0) is 19.9. The lowest BCUT2D eigenvalue weighted by Gasteiger charge is -2.23. The number of nitrogens with zero attached hydrogens (tertiary/aromatic N) is 3. The summed E-state index contributed by atoms with van der Waals surface area (Å²) in [7, 11) is 1.90. The number of hydrogen-bond donors (Lipinski definition) is 2. The van der Waals surface area contributed by atoms with E-state index >= 15 is 0 Å². The van der Waals surface area contributed by atoms with Gasteiger partial charge in [0.1, 0.15) is 11.9 Å². The van der Waals surface area contributed by atoms with Crippen LogP contribution >= 0.6 is 0 Å². The first-order valence-corrected chi connectivity index (χ1v) is 9.84. The number of aromatic nitrogens is 3. The third-order valence-electron chi connectivity index (χ3n) is 4.72. The Kier molecular flexibility index (Phi) is 6.29. The quantitative estimate of drug-likeness (QED) is 0.637. The van der Waals surface area contributed by atoms with E-state index in [1.807, 2.05) is 49.5 Å². The number of benzene rings is 1. The van der Waals surface area contributed by atoms with Crippen molar-refractivity contribution < 1.29 is 9.47 Å². The largest absolute Gasteiger partial charge is 0.490 e. The Morgan fingerprint density at radius 1 is 1.03 bits per heavy atom. The molecule has 1 fully saturated rings. The molecular weight excluding hydrogens is 366 g/mol. The van der Waals surface area contributed by atoms with Crippen molar-refractivity contribution in [3.05, 3.63) is 60.6 Å². The first kappa shape index (κ1) is 19.3. The van der Waals surface area contributed by atoms with Gasteiger partial charge in [-0.15, -0.1) is 0 Å². The van der Waals surface area contributed by atoms with Gasteiger partial charge in [0, 0.05) is 31.1 Å². The van der Waals surface area contributed by atoms with E-state index in [0.29, 0.717) is 5.95 Å². The molecule has 1 saturated heterocycles. The van der Waals surface area contributed by atoms with Gasteiger partial charge in [-0.1, -0.05) is 0 Å². The van der Waals surface area contributed by atoms with Gasteiger partial charge in [-0.2, -0.15) is 0 Å². The van der Waals surface area contributed by atoms with Crippen molar-refractivity contribution in [3.8, 4) is 17.0 Å². The van der Waals surface area contributed by atoms with Gasteiger partial charge < -0.3 is 20.1 Å². The Morgan fingerprint density at radius 2 is 1.86 bits per heavy atom. The SMILES string of the molecule is CNCc1ccc(Nc2nccc(-c3ccc(OC4CCOCC4)cc3)n2)cn1. The fraction of sp³-hybridized carbons (Fsp3) is 0.318. The van der Waals surface area contributed by atoms with Gasteiger partial charge in [0.25, 0.3) is 0 Å². The second-order valence-electron chi connectivity index (χ2n) is 6.91. The summed E-state index contributed by atoms with van der Waals surface area (Å²) in [6.45, 7) is 2.28. The molecule has 0 amide bonds. The van der Waals surface area contributed by atoms with Gasteiger partial charge in [0.2, 0.25) is 5.95 Å². The van der Waals surface area contributed by atoms with E-state index in [4.69, 9.17) is 9.47 Å². The molecule has 7 nitrogen and oxygen atoms in total. The molecule has 29 heavy (non-hydrogen) atoms. The molecule has 0 aliphatic carbocycles. The van der Waals surface area contributed by atoms with Gasteiger partial charge in [-0.05, 0) is 49.5 Å². The van der Waals surface area contributed by atoms with Gasteiger partial charge in [0.05, 0.1) is 36.5 Å². The second-order valence-corrected chi connectivity index (χ2v) is 6.91. The Morgan fingerprint density at radius 3 is 2.59 bits per heavy atom. The normalized spacial score (nSPS) is 14.5. The molecule has 2 aromatic heterocycles. The summed E-state index contributed by atoms with van der Waals surface area (Å²) in [6.07, 6.45) is 5.64. The minimum Gasteiger partial charge on any atom is -0.490 e. The highest BCUT2D eigenvalue weighted by Gasteiger charge is 2.15. The summed E-state index contributed by atoms with van der Waals surface area (Å²) in [6, 6.07) is 13.9. The first-order chi connectivity index (χ1) is 14.3. The third-order valence-corrected chi connectivity index (χ3v) is 4.72. The van der Waals surface area contributed by atoms with Crippen molar-refractivity contribution >= 4 is 11.6 Å². The van der Waals surface area contributed by atoms with Crippen molar-refractivity contribution in [2.45, 2.75) is 25.5 Å². The highest BCUT2D eigenvalue weighted by Crippen LogP contribution is 2.24. The van der Waals surface area contributed by atoms with E-state index in [2.05, 4.69) is 25.6 Å². The van der Waals surface area contributed by atoms with Crippen LogP contribution < -0.4 is 15.4 Å². The fourth-order valence-electron chi connectivity index (χ4n) is 3.18. The van der Waals surface area contributed by atoms with E-state index in [0.717, 1.165) is 61.0 Å². The number of pyridine rings is 1. The van der Waals surface area contributed by atoms with Crippen molar-refractivity contribution in [1.82, 2.24) is 20.3 Å². The Hall–Kier alpha value is -3.03. The van der Waals surface area contributed by atoms with Gasteiger partial charge >= 0.3 is 0 Å². The molecule has 4 rings (SSSR count). The molecular formula is C22H25N5O2. The lowest BCUT2D eigenvalue weighted by molar-refractivity contribution is 0.0256. The molecule has 2 N–H and O–H groups in total.